The molecule has 0 saturated heterocycles. The van der Waals surface area contributed by atoms with Gasteiger partial charge in [-0.25, -0.2) is 0 Å². The van der Waals surface area contributed by atoms with Crippen LogP contribution in [0.1, 0.15) is 16.8 Å². The normalized spacial score (nSPS) is 10.2. The van der Waals surface area contributed by atoms with Crippen LogP contribution < -0.4 is 5.32 Å². The van der Waals surface area contributed by atoms with Gasteiger partial charge in [0, 0.05) is 26.0 Å². The molecule has 0 radical (unpaired) electrons. The maximum atomic E-state index is 11.6. The minimum absolute atomic E-state index is 0.111. The first-order valence-electron chi connectivity index (χ1n) is 6.99. The Morgan fingerprint density at radius 2 is 1.86 bits per heavy atom. The Morgan fingerprint density at radius 3 is 2.43 bits per heavy atom. The summed E-state index contributed by atoms with van der Waals surface area (Å²) in [6.07, 6.45) is 2.31. The Bertz CT molecular complexity index is 588. The predicted molar refractivity (Wildman–Crippen MR) is 85.1 cm³/mol. The van der Waals surface area contributed by atoms with E-state index in [4.69, 9.17) is 0 Å². The summed E-state index contributed by atoms with van der Waals surface area (Å²) in [6.45, 7) is 2.72. The molecule has 0 aliphatic heterocycles. The van der Waals surface area contributed by atoms with E-state index in [9.17, 15) is 4.79 Å². The van der Waals surface area contributed by atoms with E-state index in [1.165, 1.54) is 0 Å². The van der Waals surface area contributed by atoms with Gasteiger partial charge in [0.25, 0.3) is 0 Å². The number of aromatic nitrogens is 1. The van der Waals surface area contributed by atoms with Crippen LogP contribution in [0.4, 0.5) is 5.69 Å². The van der Waals surface area contributed by atoms with Crippen LogP contribution in [0.2, 0.25) is 0 Å². The summed E-state index contributed by atoms with van der Waals surface area (Å²) in [4.78, 5) is 17.6. The fraction of sp³-hybridized carbons (Fsp3) is 0.294. The molecule has 1 amide bonds. The second-order valence-corrected chi connectivity index (χ2v) is 5.34. The minimum atomic E-state index is 0.111. The second kappa shape index (κ2) is 6.88. The number of carbonyl (C=O) groups excluding carboxylic acids is 1. The average Bonchev–Trinajstić information content (AvgIpc) is 2.48. The lowest BCUT2D eigenvalue weighted by Gasteiger charge is -2.11. The molecule has 0 bridgehead atoms. The largest absolute Gasteiger partial charge is 0.379 e. The Morgan fingerprint density at radius 1 is 1.14 bits per heavy atom. The molecule has 4 heteroatoms. The van der Waals surface area contributed by atoms with E-state index in [2.05, 4.69) is 16.4 Å². The molecule has 1 aromatic carbocycles. The first-order valence-corrected chi connectivity index (χ1v) is 6.99. The monoisotopic (exact) mass is 283 g/mol. The fourth-order valence-corrected chi connectivity index (χ4v) is 1.87. The molecule has 0 spiro atoms. The van der Waals surface area contributed by atoms with Crippen molar-refractivity contribution in [1.29, 1.82) is 0 Å². The number of rotatable bonds is 5. The summed E-state index contributed by atoms with van der Waals surface area (Å²) in [5, 5.41) is 3.33. The highest BCUT2D eigenvalue weighted by Crippen LogP contribution is 2.12. The number of hydrogen-bond acceptors (Lipinski definition) is 3. The van der Waals surface area contributed by atoms with Gasteiger partial charge in [-0.3, -0.25) is 9.78 Å². The molecule has 110 valence electrons. The third-order valence-electron chi connectivity index (χ3n) is 3.25. The number of nitrogens with one attached hydrogen (secondary N) is 1. The number of hydrogen-bond donors (Lipinski definition) is 1. The Balaban J connectivity index is 1.90. The van der Waals surface area contributed by atoms with E-state index in [0.717, 1.165) is 22.5 Å². The van der Waals surface area contributed by atoms with E-state index in [-0.39, 0.29) is 5.91 Å². The quantitative estimate of drug-likeness (QED) is 0.917. The maximum absolute atomic E-state index is 11.6. The zero-order valence-corrected chi connectivity index (χ0v) is 12.8. The molecule has 0 saturated carbocycles. The van der Waals surface area contributed by atoms with E-state index >= 15 is 0 Å². The van der Waals surface area contributed by atoms with Crippen molar-refractivity contribution in [1.82, 2.24) is 9.88 Å². The number of anilines is 1. The Labute approximate surface area is 125 Å². The van der Waals surface area contributed by atoms with Gasteiger partial charge in [-0.2, -0.15) is 0 Å². The van der Waals surface area contributed by atoms with Crippen LogP contribution in [0.5, 0.6) is 0 Å². The molecule has 1 heterocycles. The van der Waals surface area contributed by atoms with Crippen LogP contribution >= 0.6 is 0 Å². The van der Waals surface area contributed by atoms with Crippen LogP contribution in [0.3, 0.4) is 0 Å². The summed E-state index contributed by atoms with van der Waals surface area (Å²) in [6, 6.07) is 12.0. The van der Waals surface area contributed by atoms with Gasteiger partial charge in [0.2, 0.25) is 5.91 Å². The molecule has 2 rings (SSSR count). The number of carbonyl (C=O) groups is 1. The van der Waals surface area contributed by atoms with Crippen molar-refractivity contribution >= 4 is 11.6 Å². The summed E-state index contributed by atoms with van der Waals surface area (Å²) in [5.41, 5.74) is 4.22. The molecule has 1 aromatic heterocycles. The molecule has 1 N–H and O–H groups in total. The molecule has 0 unspecified atom stereocenters. The van der Waals surface area contributed by atoms with Crippen LogP contribution in [0.25, 0.3) is 0 Å². The van der Waals surface area contributed by atoms with E-state index < -0.39 is 0 Å². The van der Waals surface area contributed by atoms with Crippen LogP contribution in [0.15, 0.2) is 42.6 Å². The standard InChI is InChI=1S/C17H21N3O/c1-13-4-7-16(18-11-13)12-19-15-8-5-14(6-9-15)10-17(21)20(2)3/h4-9,11,19H,10,12H2,1-3H3. The third-order valence-corrected chi connectivity index (χ3v) is 3.25. The van der Waals surface area contributed by atoms with Gasteiger partial charge in [-0.1, -0.05) is 18.2 Å². The van der Waals surface area contributed by atoms with E-state index in [1.807, 2.05) is 43.5 Å². The van der Waals surface area contributed by atoms with Gasteiger partial charge in [-0.15, -0.1) is 0 Å². The second-order valence-electron chi connectivity index (χ2n) is 5.34. The predicted octanol–water partition coefficient (Wildman–Crippen LogP) is 2.63. The molecular weight excluding hydrogens is 262 g/mol. The highest BCUT2D eigenvalue weighted by molar-refractivity contribution is 5.78. The lowest BCUT2D eigenvalue weighted by molar-refractivity contribution is -0.127. The Hall–Kier alpha value is -2.36. The minimum Gasteiger partial charge on any atom is -0.379 e. The van der Waals surface area contributed by atoms with Crippen LogP contribution in [0, 0.1) is 6.92 Å². The van der Waals surface area contributed by atoms with Gasteiger partial charge in [0.1, 0.15) is 0 Å². The SMILES string of the molecule is Cc1ccc(CNc2ccc(CC(=O)N(C)C)cc2)nc1. The molecule has 0 aliphatic carbocycles. The van der Waals surface area contributed by atoms with Gasteiger partial charge in [0.15, 0.2) is 0 Å². The molecular formula is C17H21N3O. The van der Waals surface area contributed by atoms with Gasteiger partial charge in [0.05, 0.1) is 18.7 Å². The number of pyridine rings is 1. The van der Waals surface area contributed by atoms with Crippen molar-refractivity contribution in [2.75, 3.05) is 19.4 Å². The Kier molecular flexibility index (Phi) is 4.93. The van der Waals surface area contributed by atoms with Crippen LogP contribution in [-0.2, 0) is 17.8 Å². The highest BCUT2D eigenvalue weighted by Gasteiger charge is 2.05. The maximum Gasteiger partial charge on any atom is 0.226 e. The molecule has 0 fully saturated rings. The third kappa shape index (κ3) is 4.60. The van der Waals surface area contributed by atoms with Crippen molar-refractivity contribution < 1.29 is 4.79 Å². The molecule has 2 aromatic rings. The zero-order valence-electron chi connectivity index (χ0n) is 12.8. The van der Waals surface area contributed by atoms with Crippen molar-refractivity contribution in [2.24, 2.45) is 0 Å². The molecule has 4 nitrogen and oxygen atoms in total. The fourth-order valence-electron chi connectivity index (χ4n) is 1.87. The van der Waals surface area contributed by atoms with Crippen molar-refractivity contribution in [3.05, 3.63) is 59.4 Å². The number of nitrogens with zero attached hydrogens (tertiary/aromatic N) is 2. The van der Waals surface area contributed by atoms with E-state index in [0.29, 0.717) is 13.0 Å². The number of amides is 1. The summed E-state index contributed by atoms with van der Waals surface area (Å²) >= 11 is 0. The number of likely N-dealkylation sites (N-methyl/N-ethyl adjacent to an activating group) is 1. The van der Waals surface area contributed by atoms with Crippen molar-refractivity contribution in [3.63, 3.8) is 0 Å². The molecule has 21 heavy (non-hydrogen) atoms. The smallest absolute Gasteiger partial charge is 0.226 e. The number of benzene rings is 1. The topological polar surface area (TPSA) is 45.2 Å². The molecule has 0 aliphatic rings. The van der Waals surface area contributed by atoms with E-state index in [1.54, 1.807) is 19.0 Å². The van der Waals surface area contributed by atoms with Crippen LogP contribution in [-0.4, -0.2) is 29.9 Å². The average molecular weight is 283 g/mol. The molecule has 0 atom stereocenters. The summed E-state index contributed by atoms with van der Waals surface area (Å²) in [7, 11) is 3.54. The zero-order chi connectivity index (χ0) is 15.2. The first kappa shape index (κ1) is 15.0. The summed E-state index contributed by atoms with van der Waals surface area (Å²) < 4.78 is 0. The van der Waals surface area contributed by atoms with Crippen molar-refractivity contribution in [2.45, 2.75) is 19.9 Å². The lowest BCUT2D eigenvalue weighted by atomic mass is 10.1. The lowest BCUT2D eigenvalue weighted by Crippen LogP contribution is -2.23. The van der Waals surface area contributed by atoms with Crippen molar-refractivity contribution in [3.8, 4) is 0 Å². The van der Waals surface area contributed by atoms with Gasteiger partial charge >= 0.3 is 0 Å². The highest BCUT2D eigenvalue weighted by atomic mass is 16.2. The summed E-state index contributed by atoms with van der Waals surface area (Å²) in [5.74, 6) is 0.111. The van der Waals surface area contributed by atoms with Gasteiger partial charge < -0.3 is 10.2 Å². The number of aryl methyl sites for hydroxylation is 1. The van der Waals surface area contributed by atoms with Gasteiger partial charge in [-0.05, 0) is 36.2 Å². The first-order chi connectivity index (χ1) is 10.0.